The van der Waals surface area contributed by atoms with Gasteiger partial charge in [0.2, 0.25) is 0 Å². The minimum Gasteiger partial charge on any atom is -0.508 e. The van der Waals surface area contributed by atoms with E-state index in [0.29, 0.717) is 11.6 Å². The number of rotatable bonds is 2. The van der Waals surface area contributed by atoms with Crippen molar-refractivity contribution >= 4 is 17.5 Å². The summed E-state index contributed by atoms with van der Waals surface area (Å²) in [5.41, 5.74) is 0.284. The number of halogens is 1. The van der Waals surface area contributed by atoms with E-state index in [9.17, 15) is 15.0 Å². The molecule has 1 aliphatic rings. The van der Waals surface area contributed by atoms with Crippen molar-refractivity contribution in [2.24, 2.45) is 0 Å². The minimum absolute atomic E-state index is 0.0116. The van der Waals surface area contributed by atoms with E-state index in [0.717, 1.165) is 12.8 Å². The molecular formula is C12H14ClNO3. The largest absolute Gasteiger partial charge is 0.508 e. The van der Waals surface area contributed by atoms with Gasteiger partial charge in [-0.15, -0.1) is 0 Å². The third kappa shape index (κ3) is 2.37. The van der Waals surface area contributed by atoms with Crippen LogP contribution in [0.25, 0.3) is 0 Å². The van der Waals surface area contributed by atoms with Crippen LogP contribution >= 0.6 is 11.6 Å². The molecule has 1 fully saturated rings. The number of benzene rings is 1. The van der Waals surface area contributed by atoms with Crippen LogP contribution in [0.5, 0.6) is 5.75 Å². The van der Waals surface area contributed by atoms with Crippen molar-refractivity contribution in [1.82, 2.24) is 4.90 Å². The number of carbonyl (C=O) groups is 1. The third-order valence-corrected chi connectivity index (χ3v) is 3.36. The van der Waals surface area contributed by atoms with E-state index in [1.54, 1.807) is 4.90 Å². The first-order chi connectivity index (χ1) is 8.13. The monoisotopic (exact) mass is 255 g/mol. The summed E-state index contributed by atoms with van der Waals surface area (Å²) in [6.45, 7) is 0.582. The molecule has 0 aromatic heterocycles. The molecule has 2 N–H and O–H groups in total. The van der Waals surface area contributed by atoms with Gasteiger partial charge in [-0.25, -0.2) is 0 Å². The van der Waals surface area contributed by atoms with Gasteiger partial charge in [0, 0.05) is 6.54 Å². The van der Waals surface area contributed by atoms with Crippen LogP contribution in [0, 0.1) is 0 Å². The molecule has 17 heavy (non-hydrogen) atoms. The molecule has 1 atom stereocenters. The molecule has 1 aliphatic heterocycles. The number of hydrogen-bond acceptors (Lipinski definition) is 3. The van der Waals surface area contributed by atoms with E-state index in [-0.39, 0.29) is 29.9 Å². The van der Waals surface area contributed by atoms with Crippen molar-refractivity contribution in [2.75, 3.05) is 13.2 Å². The average Bonchev–Trinajstić information content (AvgIpc) is 2.79. The number of hydrogen-bond donors (Lipinski definition) is 2. The first-order valence-electron chi connectivity index (χ1n) is 5.54. The number of phenols is 1. The van der Waals surface area contributed by atoms with Crippen molar-refractivity contribution in [3.8, 4) is 5.75 Å². The van der Waals surface area contributed by atoms with Gasteiger partial charge in [-0.1, -0.05) is 11.6 Å². The number of amides is 1. The zero-order valence-electron chi connectivity index (χ0n) is 9.27. The molecule has 0 unspecified atom stereocenters. The third-order valence-electron chi connectivity index (χ3n) is 3.03. The number of nitrogens with zero attached hydrogens (tertiary/aromatic N) is 1. The number of likely N-dealkylation sites (tertiary alicyclic amines) is 1. The first-order valence-corrected chi connectivity index (χ1v) is 5.91. The van der Waals surface area contributed by atoms with Crippen LogP contribution in [0.15, 0.2) is 18.2 Å². The molecule has 1 amide bonds. The zero-order chi connectivity index (χ0) is 12.4. The Kier molecular flexibility index (Phi) is 3.54. The molecule has 1 heterocycles. The maximum atomic E-state index is 12.2. The van der Waals surface area contributed by atoms with Crippen LogP contribution in [0.2, 0.25) is 5.02 Å². The standard InChI is InChI=1S/C12H14ClNO3/c13-11-4-3-9(16)6-10(11)12(17)14-5-1-2-8(14)7-15/h3-4,6,8,15-16H,1-2,5,7H2/t8-/m1/s1. The molecule has 0 bridgehead atoms. The summed E-state index contributed by atoms with van der Waals surface area (Å²) < 4.78 is 0. The fourth-order valence-corrected chi connectivity index (χ4v) is 2.32. The lowest BCUT2D eigenvalue weighted by molar-refractivity contribution is 0.0677. The lowest BCUT2D eigenvalue weighted by Gasteiger charge is -2.23. The number of aliphatic hydroxyl groups excluding tert-OH is 1. The molecule has 1 aromatic rings. The van der Waals surface area contributed by atoms with Crippen LogP contribution in [-0.4, -0.2) is 40.2 Å². The summed E-state index contributed by atoms with van der Waals surface area (Å²) in [6.07, 6.45) is 1.69. The normalized spacial score (nSPS) is 19.6. The smallest absolute Gasteiger partial charge is 0.255 e. The molecule has 92 valence electrons. The van der Waals surface area contributed by atoms with Gasteiger partial charge in [0.05, 0.1) is 23.2 Å². The lowest BCUT2D eigenvalue weighted by Crippen LogP contribution is -2.37. The van der Waals surface area contributed by atoms with Crippen molar-refractivity contribution in [1.29, 1.82) is 0 Å². The fraction of sp³-hybridized carbons (Fsp3) is 0.417. The summed E-state index contributed by atoms with van der Waals surface area (Å²) >= 11 is 5.94. The summed E-state index contributed by atoms with van der Waals surface area (Å²) in [7, 11) is 0. The molecule has 4 nitrogen and oxygen atoms in total. The first kappa shape index (κ1) is 12.2. The zero-order valence-corrected chi connectivity index (χ0v) is 10.0. The predicted octanol–water partition coefficient (Wildman–Crippen LogP) is 1.64. The summed E-state index contributed by atoms with van der Waals surface area (Å²) in [5.74, 6) is -0.222. The lowest BCUT2D eigenvalue weighted by atomic mass is 10.1. The quantitative estimate of drug-likeness (QED) is 0.845. The van der Waals surface area contributed by atoms with Crippen LogP contribution in [-0.2, 0) is 0 Å². The van der Waals surface area contributed by atoms with E-state index in [1.165, 1.54) is 18.2 Å². The van der Waals surface area contributed by atoms with Crippen LogP contribution in [0.1, 0.15) is 23.2 Å². The highest BCUT2D eigenvalue weighted by Crippen LogP contribution is 2.26. The van der Waals surface area contributed by atoms with Gasteiger partial charge in [0.25, 0.3) is 5.91 Å². The van der Waals surface area contributed by atoms with Gasteiger partial charge in [0.15, 0.2) is 0 Å². The second-order valence-electron chi connectivity index (χ2n) is 4.14. The Bertz CT molecular complexity index is 436. The molecule has 1 saturated heterocycles. The highest BCUT2D eigenvalue weighted by molar-refractivity contribution is 6.33. The van der Waals surface area contributed by atoms with Gasteiger partial charge < -0.3 is 15.1 Å². The van der Waals surface area contributed by atoms with Gasteiger partial charge >= 0.3 is 0 Å². The fourth-order valence-electron chi connectivity index (χ4n) is 2.12. The van der Waals surface area contributed by atoms with E-state index < -0.39 is 0 Å². The number of phenolic OH excluding ortho intramolecular Hbond substituents is 1. The van der Waals surface area contributed by atoms with Crippen LogP contribution in [0.3, 0.4) is 0 Å². The summed E-state index contributed by atoms with van der Waals surface area (Å²) in [6, 6.07) is 4.15. The maximum Gasteiger partial charge on any atom is 0.255 e. The number of aromatic hydroxyl groups is 1. The molecule has 0 saturated carbocycles. The van der Waals surface area contributed by atoms with E-state index in [1.807, 2.05) is 0 Å². The topological polar surface area (TPSA) is 60.8 Å². The molecule has 5 heteroatoms. The summed E-state index contributed by atoms with van der Waals surface area (Å²) in [5, 5.41) is 18.9. The predicted molar refractivity (Wildman–Crippen MR) is 64.3 cm³/mol. The van der Waals surface area contributed by atoms with Gasteiger partial charge in [0.1, 0.15) is 5.75 Å². The van der Waals surface area contributed by atoms with Gasteiger partial charge in [-0.05, 0) is 31.0 Å². The van der Waals surface area contributed by atoms with E-state index in [4.69, 9.17) is 11.6 Å². The van der Waals surface area contributed by atoms with Gasteiger partial charge in [-0.3, -0.25) is 4.79 Å². The molecule has 2 rings (SSSR count). The second kappa shape index (κ2) is 4.94. The molecule has 0 aliphatic carbocycles. The van der Waals surface area contributed by atoms with Crippen molar-refractivity contribution in [3.63, 3.8) is 0 Å². The van der Waals surface area contributed by atoms with E-state index in [2.05, 4.69) is 0 Å². The minimum atomic E-state index is -0.234. The Morgan fingerprint density at radius 1 is 1.53 bits per heavy atom. The van der Waals surface area contributed by atoms with Crippen molar-refractivity contribution < 1.29 is 15.0 Å². The number of carbonyl (C=O) groups excluding carboxylic acids is 1. The highest BCUT2D eigenvalue weighted by Gasteiger charge is 2.29. The summed E-state index contributed by atoms with van der Waals surface area (Å²) in [4.78, 5) is 13.8. The Hall–Kier alpha value is -1.26. The Balaban J connectivity index is 2.27. The van der Waals surface area contributed by atoms with Crippen molar-refractivity contribution in [2.45, 2.75) is 18.9 Å². The average molecular weight is 256 g/mol. The molecule has 1 aromatic carbocycles. The maximum absolute atomic E-state index is 12.2. The van der Waals surface area contributed by atoms with Crippen LogP contribution < -0.4 is 0 Å². The molecular weight excluding hydrogens is 242 g/mol. The van der Waals surface area contributed by atoms with Crippen LogP contribution in [0.4, 0.5) is 0 Å². The van der Waals surface area contributed by atoms with Crippen molar-refractivity contribution in [3.05, 3.63) is 28.8 Å². The highest BCUT2D eigenvalue weighted by atomic mass is 35.5. The van der Waals surface area contributed by atoms with E-state index >= 15 is 0 Å². The molecule has 0 radical (unpaired) electrons. The molecule has 0 spiro atoms. The van der Waals surface area contributed by atoms with Gasteiger partial charge in [-0.2, -0.15) is 0 Å². The Morgan fingerprint density at radius 2 is 2.29 bits per heavy atom. The Morgan fingerprint density at radius 3 is 3.00 bits per heavy atom. The second-order valence-corrected chi connectivity index (χ2v) is 4.55. The SMILES string of the molecule is O=C(c1cc(O)ccc1Cl)N1CCC[C@@H]1CO. The Labute approximate surface area is 104 Å². The number of aliphatic hydroxyl groups is 1.